The Labute approximate surface area is 149 Å². The standard InChI is InChI=1S/C18H17N3O3S/c1-12-7-9-13(10-8-12)24-11-16(22)19-18-21-20-17(25-18)14-5-3-4-6-15(14)23-2/h3-10H,11H2,1-2H3,(H,19,21,22). The molecule has 0 unspecified atom stereocenters. The summed E-state index contributed by atoms with van der Waals surface area (Å²) in [6.45, 7) is 1.90. The molecule has 128 valence electrons. The molecule has 0 aliphatic carbocycles. The van der Waals surface area contributed by atoms with Crippen LogP contribution in [0, 0.1) is 6.92 Å². The topological polar surface area (TPSA) is 73.3 Å². The van der Waals surface area contributed by atoms with Crippen LogP contribution in [0.15, 0.2) is 48.5 Å². The van der Waals surface area contributed by atoms with E-state index in [0.717, 1.165) is 11.1 Å². The summed E-state index contributed by atoms with van der Waals surface area (Å²) in [6, 6.07) is 15.0. The van der Waals surface area contributed by atoms with Crippen molar-refractivity contribution in [1.82, 2.24) is 10.2 Å². The molecule has 0 bridgehead atoms. The molecule has 7 heteroatoms. The van der Waals surface area contributed by atoms with Crippen molar-refractivity contribution in [3.8, 4) is 22.1 Å². The summed E-state index contributed by atoms with van der Waals surface area (Å²) < 4.78 is 10.8. The number of carbonyl (C=O) groups excluding carboxylic acids is 1. The van der Waals surface area contributed by atoms with Crippen molar-refractivity contribution in [2.75, 3.05) is 19.0 Å². The van der Waals surface area contributed by atoms with Crippen molar-refractivity contribution >= 4 is 22.4 Å². The van der Waals surface area contributed by atoms with Crippen LogP contribution < -0.4 is 14.8 Å². The lowest BCUT2D eigenvalue weighted by atomic mass is 10.2. The fraction of sp³-hybridized carbons (Fsp3) is 0.167. The van der Waals surface area contributed by atoms with Crippen LogP contribution in [0.2, 0.25) is 0 Å². The van der Waals surface area contributed by atoms with E-state index in [2.05, 4.69) is 15.5 Å². The summed E-state index contributed by atoms with van der Waals surface area (Å²) in [7, 11) is 1.60. The smallest absolute Gasteiger partial charge is 0.264 e. The minimum atomic E-state index is -0.289. The summed E-state index contributed by atoms with van der Waals surface area (Å²) in [6.07, 6.45) is 0. The molecule has 0 atom stereocenters. The van der Waals surface area contributed by atoms with Gasteiger partial charge in [-0.25, -0.2) is 0 Å². The molecule has 0 spiro atoms. The number of aromatic nitrogens is 2. The average Bonchev–Trinajstić information content (AvgIpc) is 3.09. The molecule has 0 saturated heterocycles. The molecule has 3 rings (SSSR count). The Morgan fingerprint density at radius 2 is 1.88 bits per heavy atom. The minimum Gasteiger partial charge on any atom is -0.496 e. The maximum absolute atomic E-state index is 12.0. The van der Waals surface area contributed by atoms with Crippen LogP contribution in [0.4, 0.5) is 5.13 Å². The number of methoxy groups -OCH3 is 1. The Bertz CT molecular complexity index is 862. The number of para-hydroxylation sites is 1. The molecule has 25 heavy (non-hydrogen) atoms. The molecule has 0 aliphatic rings. The van der Waals surface area contributed by atoms with E-state index >= 15 is 0 Å². The molecule has 1 aromatic heterocycles. The zero-order valence-electron chi connectivity index (χ0n) is 13.9. The molecule has 1 N–H and O–H groups in total. The molecule has 0 saturated carbocycles. The van der Waals surface area contributed by atoms with E-state index in [1.807, 2.05) is 55.5 Å². The molecule has 0 radical (unpaired) electrons. The number of nitrogens with one attached hydrogen (secondary N) is 1. The van der Waals surface area contributed by atoms with E-state index in [-0.39, 0.29) is 12.5 Å². The first-order valence-corrected chi connectivity index (χ1v) is 8.43. The monoisotopic (exact) mass is 355 g/mol. The zero-order valence-corrected chi connectivity index (χ0v) is 14.7. The Balaban J connectivity index is 1.61. The zero-order chi connectivity index (χ0) is 17.6. The predicted octanol–water partition coefficient (Wildman–Crippen LogP) is 3.54. The van der Waals surface area contributed by atoms with Crippen LogP contribution in [-0.4, -0.2) is 29.8 Å². The van der Waals surface area contributed by atoms with Gasteiger partial charge >= 0.3 is 0 Å². The SMILES string of the molecule is COc1ccccc1-c1nnc(NC(=O)COc2ccc(C)cc2)s1. The van der Waals surface area contributed by atoms with Crippen molar-refractivity contribution in [2.24, 2.45) is 0 Å². The van der Waals surface area contributed by atoms with E-state index < -0.39 is 0 Å². The summed E-state index contributed by atoms with van der Waals surface area (Å²) in [4.78, 5) is 12.0. The summed E-state index contributed by atoms with van der Waals surface area (Å²) in [5.41, 5.74) is 1.97. The van der Waals surface area contributed by atoms with Gasteiger partial charge in [-0.3, -0.25) is 10.1 Å². The normalized spacial score (nSPS) is 10.3. The first-order chi connectivity index (χ1) is 12.2. The van der Waals surface area contributed by atoms with E-state index in [1.54, 1.807) is 7.11 Å². The van der Waals surface area contributed by atoms with Crippen molar-refractivity contribution in [3.05, 3.63) is 54.1 Å². The van der Waals surface area contributed by atoms with Gasteiger partial charge in [0.25, 0.3) is 5.91 Å². The Morgan fingerprint density at radius 1 is 1.12 bits per heavy atom. The molecule has 3 aromatic rings. The van der Waals surface area contributed by atoms with E-state index in [1.165, 1.54) is 11.3 Å². The highest BCUT2D eigenvalue weighted by Crippen LogP contribution is 2.33. The van der Waals surface area contributed by atoms with E-state index in [9.17, 15) is 4.79 Å². The van der Waals surface area contributed by atoms with Gasteiger partial charge in [-0.2, -0.15) is 0 Å². The van der Waals surface area contributed by atoms with Crippen LogP contribution in [0.3, 0.4) is 0 Å². The molecule has 1 heterocycles. The van der Waals surface area contributed by atoms with Gasteiger partial charge in [0.15, 0.2) is 11.6 Å². The van der Waals surface area contributed by atoms with Crippen LogP contribution in [0.25, 0.3) is 10.6 Å². The van der Waals surface area contributed by atoms with Gasteiger partial charge in [-0.05, 0) is 31.2 Å². The number of benzene rings is 2. The number of hydrogen-bond donors (Lipinski definition) is 1. The van der Waals surface area contributed by atoms with Gasteiger partial charge in [0.05, 0.1) is 12.7 Å². The first-order valence-electron chi connectivity index (χ1n) is 7.62. The molecule has 0 fully saturated rings. The average molecular weight is 355 g/mol. The lowest BCUT2D eigenvalue weighted by Crippen LogP contribution is -2.20. The number of aryl methyl sites for hydroxylation is 1. The number of hydrogen-bond acceptors (Lipinski definition) is 6. The van der Waals surface area contributed by atoms with Gasteiger partial charge < -0.3 is 9.47 Å². The molecular weight excluding hydrogens is 338 g/mol. The van der Waals surface area contributed by atoms with Crippen LogP contribution in [0.5, 0.6) is 11.5 Å². The van der Waals surface area contributed by atoms with Gasteiger partial charge in [0.1, 0.15) is 11.5 Å². The highest BCUT2D eigenvalue weighted by Gasteiger charge is 2.13. The Morgan fingerprint density at radius 3 is 2.64 bits per heavy atom. The maximum atomic E-state index is 12.0. The fourth-order valence-corrected chi connectivity index (χ4v) is 2.93. The van der Waals surface area contributed by atoms with Crippen molar-refractivity contribution in [2.45, 2.75) is 6.92 Å². The summed E-state index contributed by atoms with van der Waals surface area (Å²) in [5, 5.41) is 11.9. The molecule has 2 aromatic carbocycles. The summed E-state index contributed by atoms with van der Waals surface area (Å²) in [5.74, 6) is 1.07. The number of ether oxygens (including phenoxy) is 2. The fourth-order valence-electron chi connectivity index (χ4n) is 2.14. The first kappa shape index (κ1) is 16.9. The Kier molecular flexibility index (Phi) is 5.25. The lowest BCUT2D eigenvalue weighted by Gasteiger charge is -2.05. The quantitative estimate of drug-likeness (QED) is 0.732. The summed E-state index contributed by atoms with van der Waals surface area (Å²) >= 11 is 1.28. The van der Waals surface area contributed by atoms with Gasteiger partial charge in [-0.1, -0.05) is 41.2 Å². The Hall–Kier alpha value is -2.93. The number of nitrogens with zero attached hydrogens (tertiary/aromatic N) is 2. The second-order valence-electron chi connectivity index (χ2n) is 5.26. The molecular formula is C18H17N3O3S. The highest BCUT2D eigenvalue weighted by molar-refractivity contribution is 7.18. The van der Waals surface area contributed by atoms with Crippen molar-refractivity contribution in [3.63, 3.8) is 0 Å². The third-order valence-electron chi connectivity index (χ3n) is 3.40. The van der Waals surface area contributed by atoms with Crippen molar-refractivity contribution < 1.29 is 14.3 Å². The predicted molar refractivity (Wildman–Crippen MR) is 97.2 cm³/mol. The lowest BCUT2D eigenvalue weighted by molar-refractivity contribution is -0.118. The van der Waals surface area contributed by atoms with Crippen LogP contribution in [-0.2, 0) is 4.79 Å². The second kappa shape index (κ2) is 7.76. The molecule has 6 nitrogen and oxygen atoms in total. The van der Waals surface area contributed by atoms with E-state index in [0.29, 0.717) is 21.6 Å². The molecule has 0 aliphatic heterocycles. The largest absolute Gasteiger partial charge is 0.496 e. The van der Waals surface area contributed by atoms with Crippen LogP contribution >= 0.6 is 11.3 Å². The van der Waals surface area contributed by atoms with Crippen LogP contribution in [0.1, 0.15) is 5.56 Å². The minimum absolute atomic E-state index is 0.0906. The number of anilines is 1. The highest BCUT2D eigenvalue weighted by atomic mass is 32.1. The van der Waals surface area contributed by atoms with Gasteiger partial charge in [-0.15, -0.1) is 10.2 Å². The van der Waals surface area contributed by atoms with Crippen molar-refractivity contribution in [1.29, 1.82) is 0 Å². The number of amides is 1. The van der Waals surface area contributed by atoms with Gasteiger partial charge in [0.2, 0.25) is 5.13 Å². The number of carbonyl (C=O) groups is 1. The number of rotatable bonds is 6. The third kappa shape index (κ3) is 4.33. The van der Waals surface area contributed by atoms with E-state index in [4.69, 9.17) is 9.47 Å². The third-order valence-corrected chi connectivity index (χ3v) is 4.27. The second-order valence-corrected chi connectivity index (χ2v) is 6.24. The maximum Gasteiger partial charge on any atom is 0.264 e. The van der Waals surface area contributed by atoms with Gasteiger partial charge in [0, 0.05) is 0 Å². The molecule has 1 amide bonds.